The van der Waals surface area contributed by atoms with Gasteiger partial charge in [-0.25, -0.2) is 0 Å². The van der Waals surface area contributed by atoms with Gasteiger partial charge in [0, 0.05) is 18.2 Å². The minimum Gasteiger partial charge on any atom is -0.479 e. The molecular formula is C24H28N2O3. The van der Waals surface area contributed by atoms with E-state index >= 15 is 0 Å². The molecule has 0 radical (unpaired) electrons. The molecule has 0 spiro atoms. The molecule has 0 saturated heterocycles. The summed E-state index contributed by atoms with van der Waals surface area (Å²) < 4.78 is 5.80. The van der Waals surface area contributed by atoms with E-state index < -0.39 is 6.10 Å². The maximum atomic E-state index is 12.8. The molecule has 4 rings (SSSR count). The van der Waals surface area contributed by atoms with Gasteiger partial charge in [0.1, 0.15) is 5.75 Å². The first-order valence-corrected chi connectivity index (χ1v) is 10.6. The fourth-order valence-electron chi connectivity index (χ4n) is 4.21. The molecule has 1 saturated carbocycles. The Balaban J connectivity index is 1.52. The van der Waals surface area contributed by atoms with E-state index in [1.165, 1.54) is 12.0 Å². The van der Waals surface area contributed by atoms with Crippen molar-refractivity contribution in [2.45, 2.75) is 51.6 Å². The van der Waals surface area contributed by atoms with Crippen molar-refractivity contribution >= 4 is 23.2 Å². The van der Waals surface area contributed by atoms with Gasteiger partial charge in [-0.3, -0.25) is 9.59 Å². The van der Waals surface area contributed by atoms with Gasteiger partial charge in [-0.2, -0.15) is 0 Å². The molecule has 5 heteroatoms. The van der Waals surface area contributed by atoms with Crippen molar-refractivity contribution in [3.63, 3.8) is 0 Å². The lowest BCUT2D eigenvalue weighted by Gasteiger charge is -2.33. The molecule has 0 bridgehead atoms. The highest BCUT2D eigenvalue weighted by atomic mass is 16.5. The molecule has 0 aromatic heterocycles. The number of carbonyl (C=O) groups excluding carboxylic acids is 2. The highest BCUT2D eigenvalue weighted by molar-refractivity contribution is 6.01. The van der Waals surface area contributed by atoms with Crippen LogP contribution in [0.5, 0.6) is 5.75 Å². The summed E-state index contributed by atoms with van der Waals surface area (Å²) in [6, 6.07) is 15.7. The molecule has 2 aliphatic rings. The fourth-order valence-corrected chi connectivity index (χ4v) is 4.21. The number of nitrogens with one attached hydrogen (secondary N) is 1. The van der Waals surface area contributed by atoms with Gasteiger partial charge in [-0.05, 0) is 49.9 Å². The van der Waals surface area contributed by atoms with Crippen LogP contribution in [-0.2, 0) is 16.0 Å². The highest BCUT2D eigenvalue weighted by Crippen LogP contribution is 2.37. The molecule has 1 aliphatic carbocycles. The minimum absolute atomic E-state index is 0.0517. The van der Waals surface area contributed by atoms with Gasteiger partial charge in [-0.1, -0.05) is 49.6 Å². The summed E-state index contributed by atoms with van der Waals surface area (Å²) in [4.78, 5) is 27.2. The maximum Gasteiger partial charge on any atom is 0.267 e. The lowest BCUT2D eigenvalue weighted by molar-refractivity contribution is -0.125. The number of hydrogen-bond donors (Lipinski definition) is 1. The van der Waals surface area contributed by atoms with Gasteiger partial charge in [0.25, 0.3) is 5.91 Å². The largest absolute Gasteiger partial charge is 0.479 e. The number of anilines is 2. The van der Waals surface area contributed by atoms with Crippen molar-refractivity contribution in [3.05, 3.63) is 54.1 Å². The Kier molecular flexibility index (Phi) is 5.84. The third-order valence-electron chi connectivity index (χ3n) is 5.88. The van der Waals surface area contributed by atoms with E-state index in [-0.39, 0.29) is 17.7 Å². The van der Waals surface area contributed by atoms with Crippen molar-refractivity contribution < 1.29 is 14.3 Å². The van der Waals surface area contributed by atoms with Crippen molar-refractivity contribution in [3.8, 4) is 5.75 Å². The summed E-state index contributed by atoms with van der Waals surface area (Å²) in [6.07, 6.45) is 5.62. The van der Waals surface area contributed by atoms with Crippen LogP contribution in [0.4, 0.5) is 11.4 Å². The Hall–Kier alpha value is -2.82. The van der Waals surface area contributed by atoms with Gasteiger partial charge in [0.2, 0.25) is 5.91 Å². The fraction of sp³-hybridized carbons (Fsp3) is 0.417. The van der Waals surface area contributed by atoms with Crippen LogP contribution in [0.25, 0.3) is 0 Å². The highest BCUT2D eigenvalue weighted by Gasteiger charge is 2.31. The van der Waals surface area contributed by atoms with E-state index in [0.29, 0.717) is 12.3 Å². The van der Waals surface area contributed by atoms with Crippen LogP contribution < -0.4 is 15.0 Å². The number of ether oxygens (including phenoxy) is 1. The molecule has 152 valence electrons. The van der Waals surface area contributed by atoms with Crippen LogP contribution in [0.2, 0.25) is 0 Å². The Morgan fingerprint density at radius 2 is 1.86 bits per heavy atom. The molecule has 1 N–H and O–H groups in total. The van der Waals surface area contributed by atoms with Crippen molar-refractivity contribution in [2.24, 2.45) is 5.92 Å². The van der Waals surface area contributed by atoms with E-state index in [1.807, 2.05) is 36.4 Å². The second kappa shape index (κ2) is 8.68. The molecule has 29 heavy (non-hydrogen) atoms. The van der Waals surface area contributed by atoms with Gasteiger partial charge >= 0.3 is 0 Å². The molecule has 2 aromatic rings. The Morgan fingerprint density at radius 1 is 1.10 bits per heavy atom. The van der Waals surface area contributed by atoms with E-state index in [4.69, 9.17) is 4.74 Å². The summed E-state index contributed by atoms with van der Waals surface area (Å²) in [5.41, 5.74) is 2.63. The smallest absolute Gasteiger partial charge is 0.267 e. The summed E-state index contributed by atoms with van der Waals surface area (Å²) >= 11 is 0. The van der Waals surface area contributed by atoms with Gasteiger partial charge in [0.05, 0.1) is 5.69 Å². The number of fused-ring (bicyclic) bond motifs is 1. The van der Waals surface area contributed by atoms with Gasteiger partial charge in [0.15, 0.2) is 6.10 Å². The van der Waals surface area contributed by atoms with Crippen LogP contribution in [0, 0.1) is 5.92 Å². The number of hydrogen-bond acceptors (Lipinski definition) is 3. The van der Waals surface area contributed by atoms with Gasteiger partial charge in [-0.15, -0.1) is 0 Å². The Labute approximate surface area is 172 Å². The average molecular weight is 392 g/mol. The number of amides is 2. The summed E-state index contributed by atoms with van der Waals surface area (Å²) in [5, 5.41) is 3.05. The molecule has 1 heterocycles. The third-order valence-corrected chi connectivity index (χ3v) is 5.88. The standard InChI is InChI=1S/C24H28N2O3/c1-17-24(28)26(15-14-18-8-4-2-5-9-18)21-16-20(12-13-22(21)29-17)25-23(27)19-10-6-3-7-11-19/h2,4-5,8-9,12-13,16-17,19H,3,6-7,10-11,14-15H2,1H3,(H,25,27). The normalized spacial score (nSPS) is 19.4. The lowest BCUT2D eigenvalue weighted by Crippen LogP contribution is -2.45. The Bertz CT molecular complexity index is 875. The van der Waals surface area contributed by atoms with Crippen molar-refractivity contribution in [1.29, 1.82) is 0 Å². The quantitative estimate of drug-likeness (QED) is 0.811. The molecule has 1 aliphatic heterocycles. The molecule has 2 amide bonds. The van der Waals surface area contributed by atoms with E-state index in [9.17, 15) is 9.59 Å². The molecular weight excluding hydrogens is 364 g/mol. The number of carbonyl (C=O) groups is 2. The van der Waals surface area contributed by atoms with Crippen molar-refractivity contribution in [1.82, 2.24) is 0 Å². The third kappa shape index (κ3) is 4.44. The second-order valence-corrected chi connectivity index (χ2v) is 7.99. The SMILES string of the molecule is CC1Oc2ccc(NC(=O)C3CCCCC3)cc2N(CCc2ccccc2)C1=O. The molecule has 1 atom stereocenters. The zero-order valence-corrected chi connectivity index (χ0v) is 16.9. The van der Waals surface area contributed by atoms with E-state index in [2.05, 4.69) is 17.4 Å². The van der Waals surface area contributed by atoms with Gasteiger partial charge < -0.3 is 15.0 Å². The van der Waals surface area contributed by atoms with Crippen molar-refractivity contribution in [2.75, 3.05) is 16.8 Å². The summed E-state index contributed by atoms with van der Waals surface area (Å²) in [7, 11) is 0. The first kappa shape index (κ1) is 19.5. The molecule has 5 nitrogen and oxygen atoms in total. The molecule has 1 fully saturated rings. The van der Waals surface area contributed by atoms with Crippen LogP contribution in [0.1, 0.15) is 44.6 Å². The number of benzene rings is 2. The topological polar surface area (TPSA) is 58.6 Å². The van der Waals surface area contributed by atoms with E-state index in [1.54, 1.807) is 11.8 Å². The monoisotopic (exact) mass is 392 g/mol. The van der Waals surface area contributed by atoms with E-state index in [0.717, 1.165) is 43.5 Å². The number of nitrogens with zero attached hydrogens (tertiary/aromatic N) is 1. The first-order valence-electron chi connectivity index (χ1n) is 10.6. The van der Waals surface area contributed by atoms with Crippen LogP contribution in [0.15, 0.2) is 48.5 Å². The first-order chi connectivity index (χ1) is 14.1. The second-order valence-electron chi connectivity index (χ2n) is 7.99. The Morgan fingerprint density at radius 3 is 2.62 bits per heavy atom. The average Bonchev–Trinajstić information content (AvgIpc) is 2.76. The van der Waals surface area contributed by atoms with Crippen LogP contribution in [-0.4, -0.2) is 24.5 Å². The molecule has 1 unspecified atom stereocenters. The summed E-state index contributed by atoms with van der Waals surface area (Å²) in [5.74, 6) is 0.800. The molecule has 2 aromatic carbocycles. The van der Waals surface area contributed by atoms with Crippen LogP contribution >= 0.6 is 0 Å². The predicted octanol–water partition coefficient (Wildman–Crippen LogP) is 4.56. The zero-order valence-electron chi connectivity index (χ0n) is 16.9. The minimum atomic E-state index is -0.513. The predicted molar refractivity (Wildman–Crippen MR) is 114 cm³/mol. The van der Waals surface area contributed by atoms with Crippen LogP contribution in [0.3, 0.4) is 0 Å². The maximum absolute atomic E-state index is 12.8. The lowest BCUT2D eigenvalue weighted by atomic mass is 9.88. The zero-order chi connectivity index (χ0) is 20.2. The number of rotatable bonds is 5. The summed E-state index contributed by atoms with van der Waals surface area (Å²) in [6.45, 7) is 2.35.